The van der Waals surface area contributed by atoms with Gasteiger partial charge in [-0.1, -0.05) is 32.2 Å². The van der Waals surface area contributed by atoms with E-state index in [0.29, 0.717) is 0 Å². The molecule has 0 radical (unpaired) electrons. The lowest BCUT2D eigenvalue weighted by molar-refractivity contribution is 0.0934. The third-order valence-electron chi connectivity index (χ3n) is 3.51. The second kappa shape index (κ2) is 8.86. The SMILES string of the molecule is CC(C)OP(=S)(OC(C)C(C)(C)C)SCc1c(F)c(F)c(F)c(F)c1F. The van der Waals surface area contributed by atoms with E-state index in [4.69, 9.17) is 20.9 Å². The van der Waals surface area contributed by atoms with E-state index in [0.717, 1.165) is 11.4 Å². The molecule has 2 nitrogen and oxygen atoms in total. The third kappa shape index (κ3) is 5.89. The van der Waals surface area contributed by atoms with Crippen LogP contribution in [0.25, 0.3) is 0 Å². The highest BCUT2D eigenvalue weighted by Gasteiger charge is 2.32. The van der Waals surface area contributed by atoms with Gasteiger partial charge in [-0.3, -0.25) is 0 Å². The summed E-state index contributed by atoms with van der Waals surface area (Å²) in [6.45, 7) is 11.0. The van der Waals surface area contributed by atoms with Crippen LogP contribution in [0.4, 0.5) is 22.0 Å². The highest BCUT2D eigenvalue weighted by molar-refractivity contribution is 8.67. The first-order valence-electron chi connectivity index (χ1n) is 7.81. The summed E-state index contributed by atoms with van der Waals surface area (Å²) < 4.78 is 79.1. The van der Waals surface area contributed by atoms with E-state index in [2.05, 4.69) is 0 Å². The molecule has 0 aliphatic heterocycles. The van der Waals surface area contributed by atoms with Gasteiger partial charge in [-0.05, 0) is 38.0 Å². The van der Waals surface area contributed by atoms with Crippen molar-refractivity contribution in [3.63, 3.8) is 0 Å². The van der Waals surface area contributed by atoms with Gasteiger partial charge in [0.2, 0.25) is 11.5 Å². The Morgan fingerprint density at radius 2 is 1.31 bits per heavy atom. The standard InChI is InChI=1S/C16H22F5O2PS2/c1-8(2)22-24(25,23-9(3)16(4,5)6)26-7-10-11(17)13(19)15(21)14(20)12(10)18/h8-9H,7H2,1-6H3. The molecule has 0 spiro atoms. The normalized spacial score (nSPS) is 16.0. The molecule has 0 aliphatic rings. The molecule has 0 fully saturated rings. The highest BCUT2D eigenvalue weighted by atomic mass is 32.9. The van der Waals surface area contributed by atoms with Crippen LogP contribution in [0.2, 0.25) is 0 Å². The quantitative estimate of drug-likeness (QED) is 0.204. The van der Waals surface area contributed by atoms with E-state index in [-0.39, 0.29) is 17.6 Å². The summed E-state index contributed by atoms with van der Waals surface area (Å²) in [5.74, 6) is -10.5. The van der Waals surface area contributed by atoms with Crippen LogP contribution < -0.4 is 0 Å². The lowest BCUT2D eigenvalue weighted by Crippen LogP contribution is -2.25. The van der Waals surface area contributed by atoms with Crippen molar-refractivity contribution in [2.24, 2.45) is 5.41 Å². The largest absolute Gasteiger partial charge is 0.319 e. The first-order chi connectivity index (χ1) is 11.7. The molecule has 0 aromatic heterocycles. The molecular weight excluding hydrogens is 414 g/mol. The van der Waals surface area contributed by atoms with Crippen LogP contribution >= 0.6 is 17.1 Å². The molecule has 0 N–H and O–H groups in total. The fourth-order valence-electron chi connectivity index (χ4n) is 1.62. The van der Waals surface area contributed by atoms with Crippen molar-refractivity contribution in [2.45, 2.75) is 59.5 Å². The lowest BCUT2D eigenvalue weighted by atomic mass is 9.91. The van der Waals surface area contributed by atoms with Gasteiger partial charge in [0, 0.05) is 11.3 Å². The molecule has 1 rings (SSSR count). The Hall–Kier alpha value is -0.210. The van der Waals surface area contributed by atoms with Crippen LogP contribution in [-0.2, 0) is 26.6 Å². The number of halogens is 5. The maximum absolute atomic E-state index is 13.9. The Morgan fingerprint density at radius 3 is 1.69 bits per heavy atom. The summed E-state index contributed by atoms with van der Waals surface area (Å²) in [6.07, 6.45) is -0.687. The van der Waals surface area contributed by atoms with Crippen molar-refractivity contribution >= 4 is 28.9 Å². The molecular formula is C16H22F5O2PS2. The maximum atomic E-state index is 13.9. The second-order valence-electron chi connectivity index (χ2n) is 7.04. The number of benzene rings is 1. The van der Waals surface area contributed by atoms with Crippen LogP contribution in [0.5, 0.6) is 0 Å². The van der Waals surface area contributed by atoms with Gasteiger partial charge in [0.1, 0.15) is 0 Å². The maximum Gasteiger partial charge on any atom is 0.248 e. The molecule has 26 heavy (non-hydrogen) atoms. The first kappa shape index (κ1) is 23.8. The molecule has 1 aromatic rings. The van der Waals surface area contributed by atoms with Crippen molar-refractivity contribution in [3.8, 4) is 0 Å². The highest BCUT2D eigenvalue weighted by Crippen LogP contribution is 2.64. The Kier molecular flexibility index (Phi) is 8.12. The topological polar surface area (TPSA) is 18.5 Å². The van der Waals surface area contributed by atoms with Crippen LogP contribution in [0.15, 0.2) is 0 Å². The van der Waals surface area contributed by atoms with Crippen LogP contribution in [0.3, 0.4) is 0 Å². The minimum Gasteiger partial charge on any atom is -0.319 e. The van der Waals surface area contributed by atoms with Gasteiger partial charge >= 0.3 is 0 Å². The molecule has 0 amide bonds. The predicted molar refractivity (Wildman–Crippen MR) is 98.0 cm³/mol. The molecule has 2 unspecified atom stereocenters. The van der Waals surface area contributed by atoms with Crippen LogP contribution in [0, 0.1) is 34.5 Å². The van der Waals surface area contributed by atoms with Crippen molar-refractivity contribution < 1.29 is 31.0 Å². The van der Waals surface area contributed by atoms with Crippen molar-refractivity contribution in [1.29, 1.82) is 0 Å². The average molecular weight is 436 g/mol. The van der Waals surface area contributed by atoms with Crippen LogP contribution in [-0.4, -0.2) is 12.2 Å². The van der Waals surface area contributed by atoms with E-state index in [9.17, 15) is 22.0 Å². The summed E-state index contributed by atoms with van der Waals surface area (Å²) in [6, 6.07) is 0. The Bertz CT molecular complexity index is 678. The third-order valence-corrected chi connectivity index (χ3v) is 8.82. The molecule has 0 saturated heterocycles. The molecule has 10 heteroatoms. The smallest absolute Gasteiger partial charge is 0.248 e. The number of hydrogen-bond acceptors (Lipinski definition) is 4. The molecule has 0 saturated carbocycles. The van der Waals surface area contributed by atoms with Crippen molar-refractivity contribution in [3.05, 3.63) is 34.6 Å². The van der Waals surface area contributed by atoms with E-state index in [1.165, 1.54) is 0 Å². The van der Waals surface area contributed by atoms with Gasteiger partial charge in [-0.2, -0.15) is 0 Å². The van der Waals surface area contributed by atoms with E-state index < -0.39 is 46.1 Å². The van der Waals surface area contributed by atoms with Gasteiger partial charge in [-0.15, -0.1) is 0 Å². The van der Waals surface area contributed by atoms with Crippen molar-refractivity contribution in [1.82, 2.24) is 0 Å². The Balaban J connectivity index is 3.14. The van der Waals surface area contributed by atoms with E-state index in [1.807, 2.05) is 20.8 Å². The van der Waals surface area contributed by atoms with Crippen LogP contribution in [0.1, 0.15) is 47.1 Å². The minimum atomic E-state index is -3.10. The molecule has 0 heterocycles. The summed E-state index contributed by atoms with van der Waals surface area (Å²) in [4.78, 5) is 0. The first-order valence-corrected chi connectivity index (χ1v) is 12.0. The number of rotatable bonds is 7. The van der Waals surface area contributed by atoms with E-state index in [1.54, 1.807) is 20.8 Å². The molecule has 150 valence electrons. The summed E-state index contributed by atoms with van der Waals surface area (Å²) >= 11 is 6.17. The summed E-state index contributed by atoms with van der Waals surface area (Å²) in [7, 11) is 0. The van der Waals surface area contributed by atoms with Gasteiger partial charge in [-0.25, -0.2) is 22.0 Å². The Morgan fingerprint density at radius 1 is 0.885 bits per heavy atom. The number of hydrogen-bond donors (Lipinski definition) is 0. The zero-order valence-electron chi connectivity index (χ0n) is 15.3. The fourth-order valence-corrected chi connectivity index (χ4v) is 7.06. The predicted octanol–water partition coefficient (Wildman–Crippen LogP) is 6.72. The zero-order chi connectivity index (χ0) is 20.4. The van der Waals surface area contributed by atoms with Crippen molar-refractivity contribution in [2.75, 3.05) is 0 Å². The second-order valence-corrected chi connectivity index (χ2v) is 13.3. The van der Waals surface area contributed by atoms with Gasteiger partial charge < -0.3 is 9.05 Å². The minimum absolute atomic E-state index is 0.282. The van der Waals surface area contributed by atoms with Gasteiger partial charge in [0.25, 0.3) is 0 Å². The Labute approximate surface area is 159 Å². The van der Waals surface area contributed by atoms with E-state index >= 15 is 0 Å². The monoisotopic (exact) mass is 436 g/mol. The molecule has 0 aliphatic carbocycles. The summed E-state index contributed by atoms with van der Waals surface area (Å²) in [5.41, 5.74) is -4.32. The molecule has 2 atom stereocenters. The van der Waals surface area contributed by atoms with Gasteiger partial charge in [0.05, 0.1) is 12.2 Å². The zero-order valence-corrected chi connectivity index (χ0v) is 17.9. The molecule has 1 aromatic carbocycles. The van der Waals surface area contributed by atoms with Gasteiger partial charge in [0.15, 0.2) is 23.3 Å². The lowest BCUT2D eigenvalue weighted by Gasteiger charge is -2.33. The average Bonchev–Trinajstić information content (AvgIpc) is 2.49. The fraction of sp³-hybridized carbons (Fsp3) is 0.625. The molecule has 0 bridgehead atoms. The summed E-state index contributed by atoms with van der Waals surface area (Å²) in [5, 5.41) is 0.